The van der Waals surface area contributed by atoms with Crippen LogP contribution in [0, 0.1) is 42.2 Å². The van der Waals surface area contributed by atoms with E-state index < -0.39 is 4.92 Å². The fourth-order valence-electron chi connectivity index (χ4n) is 2.78. The van der Waals surface area contributed by atoms with Gasteiger partial charge in [0.1, 0.15) is 11.8 Å². The van der Waals surface area contributed by atoms with Gasteiger partial charge in [0.25, 0.3) is 5.69 Å². The summed E-state index contributed by atoms with van der Waals surface area (Å²) < 4.78 is 0. The largest absolute Gasteiger partial charge is 0.350 e. The number of aromatic amines is 1. The summed E-state index contributed by atoms with van der Waals surface area (Å²) in [4.78, 5) is 22.3. The number of nitro benzene ring substituents is 1. The zero-order chi connectivity index (χ0) is 18.8. The first-order valence-corrected chi connectivity index (χ1v) is 7.85. The highest BCUT2D eigenvalue weighted by Gasteiger charge is 2.15. The molecule has 0 aliphatic rings. The topological polar surface area (TPSA) is 121 Å². The molecule has 8 heteroatoms. The Kier molecular flexibility index (Phi) is 4.37. The second-order valence-electron chi connectivity index (χ2n) is 5.88. The average Bonchev–Trinajstić information content (AvgIpc) is 2.90. The molecule has 2 aromatic heterocycles. The van der Waals surface area contributed by atoms with Gasteiger partial charge in [-0.25, -0.2) is 9.97 Å². The number of hydrogen-bond donors (Lipinski definition) is 2. The lowest BCUT2D eigenvalue weighted by molar-refractivity contribution is -0.384. The lowest BCUT2D eigenvalue weighted by Gasteiger charge is -2.09. The van der Waals surface area contributed by atoms with Crippen molar-refractivity contribution in [1.29, 1.82) is 5.26 Å². The van der Waals surface area contributed by atoms with Crippen molar-refractivity contribution in [1.82, 2.24) is 15.0 Å². The van der Waals surface area contributed by atoms with Crippen LogP contribution in [0.25, 0.3) is 11.3 Å². The number of benzene rings is 1. The molecule has 26 heavy (non-hydrogen) atoms. The Morgan fingerprint density at radius 3 is 2.69 bits per heavy atom. The molecule has 0 atom stereocenters. The predicted molar refractivity (Wildman–Crippen MR) is 97.1 cm³/mol. The van der Waals surface area contributed by atoms with E-state index in [2.05, 4.69) is 26.3 Å². The van der Waals surface area contributed by atoms with Crippen LogP contribution >= 0.6 is 0 Å². The molecule has 0 aliphatic carbocycles. The van der Waals surface area contributed by atoms with Gasteiger partial charge in [-0.2, -0.15) is 5.26 Å². The zero-order valence-electron chi connectivity index (χ0n) is 14.5. The van der Waals surface area contributed by atoms with Crippen molar-refractivity contribution in [3.05, 3.63) is 63.1 Å². The molecule has 0 amide bonds. The second kappa shape index (κ2) is 6.64. The Morgan fingerprint density at radius 2 is 2.04 bits per heavy atom. The van der Waals surface area contributed by atoms with Crippen LogP contribution in [0.1, 0.15) is 22.5 Å². The monoisotopic (exact) mass is 348 g/mol. The molecule has 0 saturated carbocycles. The predicted octanol–water partition coefficient (Wildman–Crippen LogP) is 3.92. The van der Waals surface area contributed by atoms with Crippen LogP contribution in [-0.4, -0.2) is 19.9 Å². The Morgan fingerprint density at radius 1 is 1.27 bits per heavy atom. The van der Waals surface area contributed by atoms with Crippen molar-refractivity contribution in [2.45, 2.75) is 20.8 Å². The maximum atomic E-state index is 11.0. The Balaban J connectivity index is 1.99. The second-order valence-corrected chi connectivity index (χ2v) is 5.88. The third-order valence-corrected chi connectivity index (χ3v) is 4.14. The summed E-state index contributed by atoms with van der Waals surface area (Å²) in [6, 6.07) is 8.46. The SMILES string of the molecule is Cc1ccc([N+](=O)[O-])cc1Nc1nccc(-c2c(C)[nH]c(C#N)c2C)n1. The summed E-state index contributed by atoms with van der Waals surface area (Å²) in [6.45, 7) is 5.58. The van der Waals surface area contributed by atoms with E-state index in [0.29, 0.717) is 23.0 Å². The van der Waals surface area contributed by atoms with Gasteiger partial charge in [0.2, 0.25) is 5.95 Å². The van der Waals surface area contributed by atoms with Crippen molar-refractivity contribution < 1.29 is 4.92 Å². The highest BCUT2D eigenvalue weighted by molar-refractivity contribution is 5.71. The summed E-state index contributed by atoms with van der Waals surface area (Å²) in [5.41, 5.74) is 5.07. The fraction of sp³-hybridized carbons (Fsp3) is 0.167. The first-order valence-electron chi connectivity index (χ1n) is 7.85. The third-order valence-electron chi connectivity index (χ3n) is 4.14. The average molecular weight is 348 g/mol. The standard InChI is InChI=1S/C18H16N6O2/c1-10-4-5-13(24(25)26)8-15(10)23-18-20-7-6-14(22-18)17-11(2)16(9-19)21-12(17)3/h4-8,21H,1-3H3,(H,20,22,23). The molecule has 0 spiro atoms. The number of rotatable bonds is 4. The Hall–Kier alpha value is -3.73. The van der Waals surface area contributed by atoms with Gasteiger partial charge in [-0.1, -0.05) is 6.07 Å². The highest BCUT2D eigenvalue weighted by Crippen LogP contribution is 2.29. The van der Waals surface area contributed by atoms with Crippen molar-refractivity contribution in [3.63, 3.8) is 0 Å². The third kappa shape index (κ3) is 3.10. The van der Waals surface area contributed by atoms with Gasteiger partial charge in [-0.3, -0.25) is 10.1 Å². The van der Waals surface area contributed by atoms with Crippen LogP contribution in [0.2, 0.25) is 0 Å². The molecular weight excluding hydrogens is 332 g/mol. The smallest absolute Gasteiger partial charge is 0.271 e. The van der Waals surface area contributed by atoms with E-state index in [0.717, 1.165) is 22.4 Å². The van der Waals surface area contributed by atoms with E-state index in [1.54, 1.807) is 18.3 Å². The van der Waals surface area contributed by atoms with E-state index in [-0.39, 0.29) is 5.69 Å². The number of nitriles is 1. The molecular formula is C18H16N6O2. The van der Waals surface area contributed by atoms with Crippen LogP contribution in [0.15, 0.2) is 30.5 Å². The maximum absolute atomic E-state index is 11.0. The van der Waals surface area contributed by atoms with Crippen LogP contribution in [0.3, 0.4) is 0 Å². The van der Waals surface area contributed by atoms with Gasteiger partial charge in [0.05, 0.1) is 16.3 Å². The molecule has 0 fully saturated rings. The van der Waals surface area contributed by atoms with Gasteiger partial charge in [0.15, 0.2) is 0 Å². The minimum Gasteiger partial charge on any atom is -0.350 e. The molecule has 0 bridgehead atoms. The molecule has 2 heterocycles. The number of nitrogens with zero attached hydrogens (tertiary/aromatic N) is 4. The number of nitro groups is 1. The van der Waals surface area contributed by atoms with E-state index in [1.165, 1.54) is 12.1 Å². The summed E-state index contributed by atoms with van der Waals surface area (Å²) >= 11 is 0. The minimum absolute atomic E-state index is 0.00904. The quantitative estimate of drug-likeness (QED) is 0.544. The number of H-pyrrole nitrogens is 1. The number of anilines is 2. The molecule has 0 radical (unpaired) electrons. The number of non-ortho nitro benzene ring substituents is 1. The summed E-state index contributed by atoms with van der Waals surface area (Å²) in [5, 5.41) is 23.2. The number of nitrogens with one attached hydrogen (secondary N) is 2. The number of aryl methyl sites for hydroxylation is 2. The number of aromatic nitrogens is 3. The molecule has 130 valence electrons. The van der Waals surface area contributed by atoms with Crippen LogP contribution in [0.5, 0.6) is 0 Å². The fourth-order valence-corrected chi connectivity index (χ4v) is 2.78. The van der Waals surface area contributed by atoms with Crippen molar-refractivity contribution in [3.8, 4) is 17.3 Å². The summed E-state index contributed by atoms with van der Waals surface area (Å²) in [7, 11) is 0. The van der Waals surface area contributed by atoms with Gasteiger partial charge in [-0.05, 0) is 38.0 Å². The van der Waals surface area contributed by atoms with Crippen molar-refractivity contribution in [2.75, 3.05) is 5.32 Å². The lowest BCUT2D eigenvalue weighted by Crippen LogP contribution is -2.01. The highest BCUT2D eigenvalue weighted by atomic mass is 16.6. The normalized spacial score (nSPS) is 10.4. The maximum Gasteiger partial charge on any atom is 0.271 e. The van der Waals surface area contributed by atoms with Crippen LogP contribution < -0.4 is 5.32 Å². The van der Waals surface area contributed by atoms with Gasteiger partial charge < -0.3 is 10.3 Å². The first-order chi connectivity index (χ1) is 12.4. The summed E-state index contributed by atoms with van der Waals surface area (Å²) in [5.74, 6) is 0.324. The number of hydrogen-bond acceptors (Lipinski definition) is 6. The zero-order valence-corrected chi connectivity index (χ0v) is 14.5. The van der Waals surface area contributed by atoms with Gasteiger partial charge in [-0.15, -0.1) is 0 Å². The molecule has 0 unspecified atom stereocenters. The van der Waals surface area contributed by atoms with E-state index in [4.69, 9.17) is 0 Å². The Bertz CT molecular complexity index is 1050. The van der Waals surface area contributed by atoms with E-state index in [9.17, 15) is 15.4 Å². The first kappa shape index (κ1) is 17.1. The molecule has 3 rings (SSSR count). The molecule has 8 nitrogen and oxygen atoms in total. The van der Waals surface area contributed by atoms with Crippen molar-refractivity contribution >= 4 is 17.3 Å². The van der Waals surface area contributed by atoms with Gasteiger partial charge >= 0.3 is 0 Å². The van der Waals surface area contributed by atoms with E-state index in [1.807, 2.05) is 20.8 Å². The van der Waals surface area contributed by atoms with E-state index >= 15 is 0 Å². The van der Waals surface area contributed by atoms with Gasteiger partial charge in [0, 0.05) is 29.6 Å². The summed E-state index contributed by atoms with van der Waals surface area (Å²) in [6.07, 6.45) is 1.61. The molecule has 0 aliphatic heterocycles. The minimum atomic E-state index is -0.447. The van der Waals surface area contributed by atoms with Crippen LogP contribution in [0.4, 0.5) is 17.3 Å². The lowest BCUT2D eigenvalue weighted by atomic mass is 10.1. The van der Waals surface area contributed by atoms with Crippen molar-refractivity contribution in [2.24, 2.45) is 0 Å². The van der Waals surface area contributed by atoms with Crippen LogP contribution in [-0.2, 0) is 0 Å². The molecule has 2 N–H and O–H groups in total. The molecule has 1 aromatic carbocycles. The Labute approximate surface area is 149 Å². The molecule has 3 aromatic rings. The molecule has 0 saturated heterocycles.